The summed E-state index contributed by atoms with van der Waals surface area (Å²) in [5, 5.41) is 3.21. The zero-order valence-electron chi connectivity index (χ0n) is 5.98. The molecule has 0 aliphatic heterocycles. The van der Waals surface area contributed by atoms with E-state index >= 15 is 0 Å². The van der Waals surface area contributed by atoms with Gasteiger partial charge in [-0.3, -0.25) is 0 Å². The number of carbonyl (C=O) groups excluding carboxylic acids is 1. The van der Waals surface area contributed by atoms with Crippen LogP contribution in [-0.4, -0.2) is 17.9 Å². The number of aldehydes is 1. The van der Waals surface area contributed by atoms with Gasteiger partial charge in [-0.2, -0.15) is 0 Å². The molecule has 1 aliphatic rings. The highest BCUT2D eigenvalue weighted by Gasteiger charge is 2.28. The first kappa shape index (κ1) is 6.75. The van der Waals surface area contributed by atoms with E-state index in [1.807, 2.05) is 13.8 Å². The summed E-state index contributed by atoms with van der Waals surface area (Å²) in [7, 11) is 0. The standard InChI is InChI=1S/C7H13NO/c1-7(2,5-9)8-6-3-4-6/h5-6,8H,3-4H2,1-2H3. The van der Waals surface area contributed by atoms with Gasteiger partial charge in [-0.1, -0.05) is 0 Å². The lowest BCUT2D eigenvalue weighted by Gasteiger charge is -2.17. The van der Waals surface area contributed by atoms with E-state index in [1.165, 1.54) is 12.8 Å². The predicted octanol–water partition coefficient (Wildman–Crippen LogP) is 0.716. The van der Waals surface area contributed by atoms with Crippen LogP contribution in [0.15, 0.2) is 0 Å². The summed E-state index contributed by atoms with van der Waals surface area (Å²) in [5.41, 5.74) is -0.304. The van der Waals surface area contributed by atoms with E-state index in [2.05, 4.69) is 5.32 Å². The highest BCUT2D eigenvalue weighted by molar-refractivity contribution is 5.62. The molecule has 52 valence electrons. The molecule has 9 heavy (non-hydrogen) atoms. The van der Waals surface area contributed by atoms with Crippen molar-refractivity contribution in [2.75, 3.05) is 0 Å². The molecule has 2 nitrogen and oxygen atoms in total. The maximum Gasteiger partial charge on any atom is 0.139 e. The smallest absolute Gasteiger partial charge is 0.139 e. The highest BCUT2D eigenvalue weighted by atomic mass is 16.1. The van der Waals surface area contributed by atoms with Crippen LogP contribution in [0, 0.1) is 0 Å². The first-order valence-corrected chi connectivity index (χ1v) is 3.38. The number of hydrogen-bond acceptors (Lipinski definition) is 2. The first-order chi connectivity index (χ1) is 4.14. The van der Waals surface area contributed by atoms with Gasteiger partial charge >= 0.3 is 0 Å². The zero-order chi connectivity index (χ0) is 6.91. The number of hydrogen-bond donors (Lipinski definition) is 1. The topological polar surface area (TPSA) is 29.1 Å². The lowest BCUT2D eigenvalue weighted by molar-refractivity contribution is -0.112. The van der Waals surface area contributed by atoms with Gasteiger partial charge in [0, 0.05) is 6.04 Å². The van der Waals surface area contributed by atoms with E-state index < -0.39 is 0 Å². The maximum atomic E-state index is 10.3. The molecular weight excluding hydrogens is 114 g/mol. The molecule has 0 radical (unpaired) electrons. The van der Waals surface area contributed by atoms with Crippen molar-refractivity contribution in [3.63, 3.8) is 0 Å². The highest BCUT2D eigenvalue weighted by Crippen LogP contribution is 2.21. The molecule has 0 unspecified atom stereocenters. The Morgan fingerprint density at radius 1 is 1.56 bits per heavy atom. The van der Waals surface area contributed by atoms with Crippen molar-refractivity contribution in [1.82, 2.24) is 5.32 Å². The third kappa shape index (κ3) is 2.14. The molecule has 2 heteroatoms. The normalized spacial score (nSPS) is 19.8. The number of rotatable bonds is 3. The summed E-state index contributed by atoms with van der Waals surface area (Å²) in [6.07, 6.45) is 3.43. The molecule has 0 saturated heterocycles. The Hall–Kier alpha value is -0.370. The Labute approximate surface area is 55.6 Å². The first-order valence-electron chi connectivity index (χ1n) is 3.38. The largest absolute Gasteiger partial charge is 0.303 e. The van der Waals surface area contributed by atoms with Crippen LogP contribution in [-0.2, 0) is 4.79 Å². The van der Waals surface area contributed by atoms with Crippen molar-refractivity contribution in [3.05, 3.63) is 0 Å². The molecule has 0 heterocycles. The average Bonchev–Trinajstić information content (AvgIpc) is 2.50. The summed E-state index contributed by atoms with van der Waals surface area (Å²) < 4.78 is 0. The lowest BCUT2D eigenvalue weighted by Crippen LogP contribution is -2.42. The number of nitrogens with one attached hydrogen (secondary N) is 1. The molecule has 1 fully saturated rings. The minimum Gasteiger partial charge on any atom is -0.303 e. The summed E-state index contributed by atoms with van der Waals surface area (Å²) in [4.78, 5) is 10.3. The van der Waals surface area contributed by atoms with Crippen molar-refractivity contribution < 1.29 is 4.79 Å². The summed E-state index contributed by atoms with van der Waals surface area (Å²) in [5.74, 6) is 0. The third-order valence-electron chi connectivity index (χ3n) is 1.45. The quantitative estimate of drug-likeness (QED) is 0.566. The van der Waals surface area contributed by atoms with E-state index in [9.17, 15) is 4.79 Å². The average molecular weight is 127 g/mol. The SMILES string of the molecule is CC(C)(C=O)NC1CC1. The van der Waals surface area contributed by atoms with Crippen LogP contribution < -0.4 is 5.32 Å². The predicted molar refractivity (Wildman–Crippen MR) is 36.3 cm³/mol. The molecule has 1 rings (SSSR count). The minimum absolute atomic E-state index is 0.304. The van der Waals surface area contributed by atoms with Crippen LogP contribution in [0.25, 0.3) is 0 Å². The van der Waals surface area contributed by atoms with E-state index in [0.29, 0.717) is 6.04 Å². The van der Waals surface area contributed by atoms with Gasteiger partial charge in [0.15, 0.2) is 0 Å². The van der Waals surface area contributed by atoms with Crippen LogP contribution in [0.5, 0.6) is 0 Å². The van der Waals surface area contributed by atoms with E-state index in [-0.39, 0.29) is 5.54 Å². The van der Waals surface area contributed by atoms with Gasteiger partial charge in [-0.25, -0.2) is 0 Å². The lowest BCUT2D eigenvalue weighted by atomic mass is 10.1. The molecule has 1 aliphatic carbocycles. The molecule has 0 spiro atoms. The molecular formula is C7H13NO. The van der Waals surface area contributed by atoms with Crippen molar-refractivity contribution in [3.8, 4) is 0 Å². The molecule has 0 bridgehead atoms. The van der Waals surface area contributed by atoms with Crippen molar-refractivity contribution in [1.29, 1.82) is 0 Å². The Morgan fingerprint density at radius 3 is 2.44 bits per heavy atom. The van der Waals surface area contributed by atoms with Crippen LogP contribution in [0.1, 0.15) is 26.7 Å². The summed E-state index contributed by atoms with van der Waals surface area (Å²) >= 11 is 0. The zero-order valence-corrected chi connectivity index (χ0v) is 5.98. The Balaban J connectivity index is 2.29. The molecule has 0 atom stereocenters. The minimum atomic E-state index is -0.304. The molecule has 1 N–H and O–H groups in total. The Morgan fingerprint density at radius 2 is 2.11 bits per heavy atom. The van der Waals surface area contributed by atoms with Crippen LogP contribution in [0.3, 0.4) is 0 Å². The van der Waals surface area contributed by atoms with Gasteiger partial charge in [0.2, 0.25) is 0 Å². The van der Waals surface area contributed by atoms with E-state index in [4.69, 9.17) is 0 Å². The Bertz CT molecular complexity index is 116. The van der Waals surface area contributed by atoms with Crippen molar-refractivity contribution in [2.45, 2.75) is 38.3 Å². The van der Waals surface area contributed by atoms with Gasteiger partial charge in [0.05, 0.1) is 5.54 Å². The van der Waals surface area contributed by atoms with Crippen molar-refractivity contribution in [2.24, 2.45) is 0 Å². The van der Waals surface area contributed by atoms with Gasteiger partial charge in [0.1, 0.15) is 6.29 Å². The molecule has 0 amide bonds. The van der Waals surface area contributed by atoms with E-state index in [0.717, 1.165) is 6.29 Å². The molecule has 1 saturated carbocycles. The summed E-state index contributed by atoms with van der Waals surface area (Å²) in [6.45, 7) is 3.80. The fraction of sp³-hybridized carbons (Fsp3) is 0.857. The van der Waals surface area contributed by atoms with Crippen LogP contribution in [0.2, 0.25) is 0 Å². The molecule has 0 aromatic carbocycles. The van der Waals surface area contributed by atoms with Crippen LogP contribution in [0.4, 0.5) is 0 Å². The van der Waals surface area contributed by atoms with E-state index in [1.54, 1.807) is 0 Å². The van der Waals surface area contributed by atoms with Gasteiger partial charge < -0.3 is 10.1 Å². The van der Waals surface area contributed by atoms with Crippen molar-refractivity contribution >= 4 is 6.29 Å². The monoisotopic (exact) mass is 127 g/mol. The number of carbonyl (C=O) groups is 1. The Kier molecular flexibility index (Phi) is 1.58. The van der Waals surface area contributed by atoms with Crippen LogP contribution >= 0.6 is 0 Å². The van der Waals surface area contributed by atoms with Gasteiger partial charge in [-0.15, -0.1) is 0 Å². The van der Waals surface area contributed by atoms with Gasteiger partial charge in [-0.05, 0) is 26.7 Å². The fourth-order valence-corrected chi connectivity index (χ4v) is 0.788. The maximum absolute atomic E-state index is 10.3. The third-order valence-corrected chi connectivity index (χ3v) is 1.45. The van der Waals surface area contributed by atoms with Gasteiger partial charge in [0.25, 0.3) is 0 Å². The second kappa shape index (κ2) is 2.10. The second-order valence-electron chi connectivity index (χ2n) is 3.26. The fourth-order valence-electron chi connectivity index (χ4n) is 0.788. The molecule has 0 aromatic heterocycles. The molecule has 0 aromatic rings. The second-order valence-corrected chi connectivity index (χ2v) is 3.26. The summed E-state index contributed by atoms with van der Waals surface area (Å²) in [6, 6.07) is 0.616.